The summed E-state index contributed by atoms with van der Waals surface area (Å²) in [6.45, 7) is 1.62. The Hall–Kier alpha value is -2.47. The highest BCUT2D eigenvalue weighted by Gasteiger charge is 2.26. The molecule has 0 unspecified atom stereocenters. The van der Waals surface area contributed by atoms with E-state index in [1.807, 2.05) is 41.8 Å². The number of benzene rings is 1. The number of nitrogens with zero attached hydrogens (tertiary/aromatic N) is 2. The average molecular weight is 328 g/mol. The molecule has 0 spiro atoms. The molecular formula is C18H20N2O4. The number of rotatable bonds is 8. The van der Waals surface area contributed by atoms with Gasteiger partial charge in [0.1, 0.15) is 25.0 Å². The van der Waals surface area contributed by atoms with Crippen molar-refractivity contribution in [3.63, 3.8) is 0 Å². The van der Waals surface area contributed by atoms with Crippen LogP contribution in [0.4, 0.5) is 0 Å². The quantitative estimate of drug-likeness (QED) is 0.550. The number of imidazole rings is 1. The predicted molar refractivity (Wildman–Crippen MR) is 86.7 cm³/mol. The molecule has 6 heteroatoms. The van der Waals surface area contributed by atoms with Gasteiger partial charge in [-0.2, -0.15) is 0 Å². The second kappa shape index (κ2) is 7.40. The molecule has 1 aliphatic carbocycles. The van der Waals surface area contributed by atoms with E-state index in [0.29, 0.717) is 5.69 Å². The zero-order valence-corrected chi connectivity index (χ0v) is 13.6. The Morgan fingerprint density at radius 3 is 2.71 bits per heavy atom. The van der Waals surface area contributed by atoms with Gasteiger partial charge in [-0.25, -0.2) is 9.78 Å². The Morgan fingerprint density at radius 1 is 1.25 bits per heavy atom. The summed E-state index contributed by atoms with van der Waals surface area (Å²) < 4.78 is 12.1. The summed E-state index contributed by atoms with van der Waals surface area (Å²) >= 11 is 0. The Labute approximate surface area is 140 Å². The highest BCUT2D eigenvalue weighted by atomic mass is 16.6. The molecule has 3 rings (SSSR count). The van der Waals surface area contributed by atoms with Gasteiger partial charge < -0.3 is 14.0 Å². The summed E-state index contributed by atoms with van der Waals surface area (Å²) in [6, 6.07) is 9.85. The maximum Gasteiger partial charge on any atom is 0.332 e. The molecule has 1 fully saturated rings. The van der Waals surface area contributed by atoms with Crippen LogP contribution in [0.5, 0.6) is 0 Å². The molecule has 0 saturated heterocycles. The molecular weight excluding hydrogens is 308 g/mol. The molecule has 1 heterocycles. The minimum absolute atomic E-state index is 0.0209. The van der Waals surface area contributed by atoms with Crippen molar-refractivity contribution in [2.45, 2.75) is 31.9 Å². The first kappa shape index (κ1) is 16.4. The van der Waals surface area contributed by atoms with Crippen LogP contribution >= 0.6 is 0 Å². The first-order valence-electron chi connectivity index (χ1n) is 8.02. The lowest BCUT2D eigenvalue weighted by Gasteiger charge is -2.16. The fourth-order valence-electron chi connectivity index (χ4n) is 2.43. The summed E-state index contributed by atoms with van der Waals surface area (Å²) in [5.74, 6) is -0.633. The maximum atomic E-state index is 12.3. The molecule has 24 heavy (non-hydrogen) atoms. The van der Waals surface area contributed by atoms with Crippen LogP contribution in [-0.4, -0.2) is 40.6 Å². The SMILES string of the molecule is C[C@H](c1ccccc1)n1cncc1C(=O)COCC(=O)OC1CC1. The lowest BCUT2D eigenvalue weighted by molar-refractivity contribution is -0.149. The van der Waals surface area contributed by atoms with E-state index in [2.05, 4.69) is 4.98 Å². The van der Waals surface area contributed by atoms with Gasteiger partial charge in [0, 0.05) is 0 Å². The number of carbonyl (C=O) groups is 2. The molecule has 0 N–H and O–H groups in total. The molecule has 1 aromatic heterocycles. The van der Waals surface area contributed by atoms with Crippen LogP contribution in [0.1, 0.15) is 41.9 Å². The van der Waals surface area contributed by atoms with Crippen molar-refractivity contribution in [2.24, 2.45) is 0 Å². The average Bonchev–Trinajstić information content (AvgIpc) is 3.26. The van der Waals surface area contributed by atoms with Crippen LogP contribution < -0.4 is 0 Å². The van der Waals surface area contributed by atoms with E-state index in [4.69, 9.17) is 9.47 Å². The number of esters is 1. The lowest BCUT2D eigenvalue weighted by Crippen LogP contribution is -2.20. The van der Waals surface area contributed by atoms with Gasteiger partial charge in [-0.3, -0.25) is 4.79 Å². The Bertz CT molecular complexity index is 707. The molecule has 0 bridgehead atoms. The Kier molecular flexibility index (Phi) is 5.05. The fraction of sp³-hybridized carbons (Fsp3) is 0.389. The summed E-state index contributed by atoms with van der Waals surface area (Å²) in [6.07, 6.45) is 5.03. The van der Waals surface area contributed by atoms with E-state index in [-0.39, 0.29) is 31.1 Å². The van der Waals surface area contributed by atoms with Crippen molar-refractivity contribution in [1.29, 1.82) is 0 Å². The summed E-state index contributed by atoms with van der Waals surface area (Å²) in [4.78, 5) is 27.9. The third kappa shape index (κ3) is 4.08. The van der Waals surface area contributed by atoms with Gasteiger partial charge >= 0.3 is 5.97 Å². The number of carbonyl (C=O) groups excluding carboxylic acids is 2. The summed E-state index contributed by atoms with van der Waals surface area (Å²) in [5, 5.41) is 0. The van der Waals surface area contributed by atoms with Gasteiger partial charge in [-0.05, 0) is 25.3 Å². The minimum Gasteiger partial charge on any atom is -0.461 e. The maximum absolute atomic E-state index is 12.3. The minimum atomic E-state index is -0.420. The van der Waals surface area contributed by atoms with E-state index in [0.717, 1.165) is 18.4 Å². The van der Waals surface area contributed by atoms with Crippen LogP contribution in [0.2, 0.25) is 0 Å². The van der Waals surface area contributed by atoms with Crippen molar-refractivity contribution in [3.8, 4) is 0 Å². The predicted octanol–water partition coefficient (Wildman–Crippen LogP) is 2.40. The second-order valence-corrected chi connectivity index (χ2v) is 5.88. The van der Waals surface area contributed by atoms with E-state index >= 15 is 0 Å². The number of ketones is 1. The molecule has 126 valence electrons. The topological polar surface area (TPSA) is 70.4 Å². The largest absolute Gasteiger partial charge is 0.461 e. The number of Topliss-reactive ketones (excluding diaryl/α,β-unsaturated/α-hetero) is 1. The molecule has 0 amide bonds. The standard InChI is InChI=1S/C18H20N2O4/c1-13(14-5-3-2-4-6-14)20-12-19-9-16(20)17(21)10-23-11-18(22)24-15-7-8-15/h2-6,9,12-13,15H,7-8,10-11H2,1H3/t13-/m1/s1. The van der Waals surface area contributed by atoms with Crippen molar-refractivity contribution >= 4 is 11.8 Å². The zero-order valence-electron chi connectivity index (χ0n) is 13.6. The third-order valence-corrected chi connectivity index (χ3v) is 3.93. The van der Waals surface area contributed by atoms with Gasteiger partial charge in [0.2, 0.25) is 5.78 Å². The molecule has 6 nitrogen and oxygen atoms in total. The van der Waals surface area contributed by atoms with Crippen LogP contribution in [-0.2, 0) is 14.3 Å². The van der Waals surface area contributed by atoms with Crippen LogP contribution in [0.3, 0.4) is 0 Å². The number of aromatic nitrogens is 2. The Morgan fingerprint density at radius 2 is 2.00 bits per heavy atom. The Balaban J connectivity index is 1.57. The van der Waals surface area contributed by atoms with E-state index in [9.17, 15) is 9.59 Å². The third-order valence-electron chi connectivity index (χ3n) is 3.93. The van der Waals surface area contributed by atoms with Crippen LogP contribution in [0.15, 0.2) is 42.9 Å². The van der Waals surface area contributed by atoms with Crippen molar-refractivity contribution in [2.75, 3.05) is 13.2 Å². The number of ether oxygens (including phenoxy) is 2. The molecule has 2 aromatic rings. The van der Waals surface area contributed by atoms with E-state index < -0.39 is 5.97 Å². The van der Waals surface area contributed by atoms with Crippen LogP contribution in [0, 0.1) is 0 Å². The first-order valence-corrected chi connectivity index (χ1v) is 8.02. The second-order valence-electron chi connectivity index (χ2n) is 5.88. The van der Waals surface area contributed by atoms with Gasteiger partial charge in [0.05, 0.1) is 18.6 Å². The monoisotopic (exact) mass is 328 g/mol. The first-order chi connectivity index (χ1) is 11.6. The van der Waals surface area contributed by atoms with Crippen LogP contribution in [0.25, 0.3) is 0 Å². The molecule has 1 aromatic carbocycles. The van der Waals surface area contributed by atoms with Gasteiger partial charge in [0.25, 0.3) is 0 Å². The van der Waals surface area contributed by atoms with Gasteiger partial charge in [-0.1, -0.05) is 30.3 Å². The highest BCUT2D eigenvalue weighted by molar-refractivity contribution is 5.95. The molecule has 1 saturated carbocycles. The molecule has 1 aliphatic rings. The van der Waals surface area contributed by atoms with E-state index in [1.54, 1.807) is 6.33 Å². The van der Waals surface area contributed by atoms with Crippen molar-refractivity contribution in [3.05, 3.63) is 54.1 Å². The summed E-state index contributed by atoms with van der Waals surface area (Å²) in [5.41, 5.74) is 1.54. The molecule has 0 aliphatic heterocycles. The zero-order chi connectivity index (χ0) is 16.9. The smallest absolute Gasteiger partial charge is 0.332 e. The summed E-state index contributed by atoms with van der Waals surface area (Å²) in [7, 11) is 0. The highest BCUT2D eigenvalue weighted by Crippen LogP contribution is 2.23. The van der Waals surface area contributed by atoms with Gasteiger partial charge in [0.15, 0.2) is 0 Å². The van der Waals surface area contributed by atoms with Gasteiger partial charge in [-0.15, -0.1) is 0 Å². The van der Waals surface area contributed by atoms with Crippen molar-refractivity contribution < 1.29 is 19.1 Å². The van der Waals surface area contributed by atoms with Crippen molar-refractivity contribution in [1.82, 2.24) is 9.55 Å². The van der Waals surface area contributed by atoms with E-state index in [1.165, 1.54) is 6.20 Å². The molecule has 1 atom stereocenters. The fourth-order valence-corrected chi connectivity index (χ4v) is 2.43. The normalized spacial score (nSPS) is 15.0. The number of hydrogen-bond donors (Lipinski definition) is 0. The molecule has 0 radical (unpaired) electrons. The number of hydrogen-bond acceptors (Lipinski definition) is 5. The lowest BCUT2D eigenvalue weighted by atomic mass is 10.1.